The van der Waals surface area contributed by atoms with Crippen LogP contribution in [0, 0.1) is 11.3 Å². The Morgan fingerprint density at radius 2 is 2.20 bits per heavy atom. The Hall–Kier alpha value is -2.28. The molecule has 0 aliphatic rings. The van der Waals surface area contributed by atoms with E-state index in [-0.39, 0.29) is 6.42 Å². The number of fused-ring (bicyclic) bond motifs is 1. The molecule has 4 nitrogen and oxygen atoms in total. The van der Waals surface area contributed by atoms with Gasteiger partial charge in [0.25, 0.3) is 0 Å². The first-order chi connectivity index (χ1) is 7.24. The zero-order valence-corrected chi connectivity index (χ0v) is 7.80. The molecule has 0 spiro atoms. The lowest BCUT2D eigenvalue weighted by atomic mass is 10.1. The Balaban J connectivity index is 2.74. The number of benzene rings is 1. The van der Waals surface area contributed by atoms with Crippen LogP contribution in [-0.2, 0) is 6.42 Å². The van der Waals surface area contributed by atoms with Gasteiger partial charge in [-0.1, -0.05) is 18.2 Å². The summed E-state index contributed by atoms with van der Waals surface area (Å²) in [6, 6.07) is 9.04. The van der Waals surface area contributed by atoms with Gasteiger partial charge in [0.15, 0.2) is 0 Å². The van der Waals surface area contributed by atoms with Gasteiger partial charge in [0.05, 0.1) is 18.0 Å². The minimum atomic E-state index is -1.28. The molecule has 0 radical (unpaired) electrons. The zero-order valence-electron chi connectivity index (χ0n) is 7.80. The van der Waals surface area contributed by atoms with E-state index in [9.17, 15) is 9.90 Å². The number of para-hydroxylation sites is 1. The van der Waals surface area contributed by atoms with Gasteiger partial charge in [-0.05, 0) is 11.6 Å². The molecular formula is C11H7N2O2-. The highest BCUT2D eigenvalue weighted by Gasteiger charge is 2.07. The second-order valence-electron chi connectivity index (χ2n) is 3.14. The lowest BCUT2D eigenvalue weighted by Crippen LogP contribution is -2.27. The minimum Gasteiger partial charge on any atom is -0.529 e. The Bertz CT molecular complexity index is 563. The molecule has 0 fully saturated rings. The monoisotopic (exact) mass is 199 g/mol. The Morgan fingerprint density at radius 3 is 2.87 bits per heavy atom. The van der Waals surface area contributed by atoms with Crippen molar-refractivity contribution in [3.63, 3.8) is 0 Å². The van der Waals surface area contributed by atoms with Crippen molar-refractivity contribution in [3.8, 4) is 6.07 Å². The van der Waals surface area contributed by atoms with Crippen LogP contribution >= 0.6 is 0 Å². The van der Waals surface area contributed by atoms with Crippen molar-refractivity contribution in [2.75, 3.05) is 0 Å². The minimum absolute atomic E-state index is 0.195. The molecular weight excluding hydrogens is 192 g/mol. The maximum atomic E-state index is 10.8. The number of nitriles is 1. The smallest absolute Gasteiger partial charge is 0.146 e. The van der Waals surface area contributed by atoms with Crippen molar-refractivity contribution in [3.05, 3.63) is 36.0 Å². The molecule has 1 aromatic heterocycles. The van der Waals surface area contributed by atoms with Crippen molar-refractivity contribution in [1.29, 1.82) is 5.26 Å². The van der Waals surface area contributed by atoms with Gasteiger partial charge in [0, 0.05) is 11.6 Å². The topological polar surface area (TPSA) is 68.8 Å². The number of hydrogen-bond donors (Lipinski definition) is 0. The van der Waals surface area contributed by atoms with Crippen molar-refractivity contribution in [2.24, 2.45) is 0 Å². The van der Waals surface area contributed by atoms with Gasteiger partial charge in [-0.2, -0.15) is 5.26 Å². The molecule has 2 rings (SSSR count). The van der Waals surface area contributed by atoms with E-state index in [0.29, 0.717) is 11.1 Å². The standard InChI is InChI=1S/C11H8N2O2/c12-6-5-8-7-13(11(14)15)10-4-2-1-3-9(8)10/h1-4,7H,5H2,(H,14,15)/p-1. The first-order valence-corrected chi connectivity index (χ1v) is 4.41. The fraction of sp³-hybridized carbons (Fsp3) is 0.0909. The zero-order chi connectivity index (χ0) is 10.8. The first-order valence-electron chi connectivity index (χ1n) is 4.41. The molecule has 0 bridgehead atoms. The van der Waals surface area contributed by atoms with Gasteiger partial charge in [-0.3, -0.25) is 0 Å². The number of nitrogens with zero attached hydrogens (tertiary/aromatic N) is 2. The summed E-state index contributed by atoms with van der Waals surface area (Å²) in [6.45, 7) is 0. The molecule has 0 aliphatic carbocycles. The van der Waals surface area contributed by atoms with Crippen molar-refractivity contribution in [1.82, 2.24) is 4.57 Å². The molecule has 0 atom stereocenters. The SMILES string of the molecule is N#CCc1cn(C(=O)[O-])c2ccccc12. The highest BCUT2D eigenvalue weighted by molar-refractivity contribution is 5.91. The number of carbonyl (C=O) groups excluding carboxylic acids is 1. The highest BCUT2D eigenvalue weighted by Crippen LogP contribution is 2.20. The maximum absolute atomic E-state index is 10.8. The van der Waals surface area contributed by atoms with E-state index in [1.165, 1.54) is 6.20 Å². The average molecular weight is 199 g/mol. The number of hydrogen-bond acceptors (Lipinski definition) is 3. The summed E-state index contributed by atoms with van der Waals surface area (Å²) < 4.78 is 1.03. The lowest BCUT2D eigenvalue weighted by molar-refractivity contribution is -0.249. The summed E-state index contributed by atoms with van der Waals surface area (Å²) >= 11 is 0. The summed E-state index contributed by atoms with van der Waals surface area (Å²) in [6.07, 6.45) is 0.347. The van der Waals surface area contributed by atoms with Crippen LogP contribution < -0.4 is 5.11 Å². The third-order valence-electron chi connectivity index (χ3n) is 2.26. The van der Waals surface area contributed by atoms with Crippen LogP contribution in [0.2, 0.25) is 0 Å². The summed E-state index contributed by atoms with van der Waals surface area (Å²) in [7, 11) is 0. The van der Waals surface area contributed by atoms with Gasteiger partial charge in [-0.15, -0.1) is 0 Å². The van der Waals surface area contributed by atoms with Gasteiger partial charge in [0.2, 0.25) is 0 Å². The molecule has 0 saturated heterocycles. The van der Waals surface area contributed by atoms with Crippen molar-refractivity contribution in [2.45, 2.75) is 6.42 Å². The second kappa shape index (κ2) is 3.46. The van der Waals surface area contributed by atoms with Crippen molar-refractivity contribution < 1.29 is 9.90 Å². The van der Waals surface area contributed by atoms with Crippen LogP contribution in [0.1, 0.15) is 5.56 Å². The molecule has 2 aromatic rings. The molecule has 0 amide bonds. The molecule has 1 heterocycles. The molecule has 1 aromatic carbocycles. The summed E-state index contributed by atoms with van der Waals surface area (Å²) in [5.74, 6) is 0. The Morgan fingerprint density at radius 1 is 1.47 bits per heavy atom. The average Bonchev–Trinajstić information content (AvgIpc) is 2.59. The number of carbonyl (C=O) groups is 1. The largest absolute Gasteiger partial charge is 0.529 e. The van der Waals surface area contributed by atoms with Gasteiger partial charge in [-0.25, -0.2) is 0 Å². The maximum Gasteiger partial charge on any atom is 0.146 e. The molecule has 0 N–H and O–H groups in total. The number of aromatic nitrogens is 1. The third kappa shape index (κ3) is 1.44. The van der Waals surface area contributed by atoms with Crippen LogP contribution in [-0.4, -0.2) is 10.7 Å². The molecule has 0 unspecified atom stereocenters. The second-order valence-corrected chi connectivity index (χ2v) is 3.14. The quantitative estimate of drug-likeness (QED) is 0.685. The van der Waals surface area contributed by atoms with E-state index in [0.717, 1.165) is 9.95 Å². The predicted molar refractivity (Wildman–Crippen MR) is 52.0 cm³/mol. The van der Waals surface area contributed by atoms with Crippen LogP contribution in [0.25, 0.3) is 10.9 Å². The van der Waals surface area contributed by atoms with Gasteiger partial charge < -0.3 is 14.5 Å². The van der Waals surface area contributed by atoms with Crippen LogP contribution in [0.3, 0.4) is 0 Å². The van der Waals surface area contributed by atoms with E-state index >= 15 is 0 Å². The van der Waals surface area contributed by atoms with E-state index in [2.05, 4.69) is 0 Å². The molecule has 4 heteroatoms. The van der Waals surface area contributed by atoms with E-state index in [1.54, 1.807) is 18.2 Å². The van der Waals surface area contributed by atoms with Crippen molar-refractivity contribution >= 4 is 17.0 Å². The third-order valence-corrected chi connectivity index (χ3v) is 2.26. The Kier molecular flexibility index (Phi) is 2.14. The van der Waals surface area contributed by atoms with E-state index in [4.69, 9.17) is 5.26 Å². The van der Waals surface area contributed by atoms with Gasteiger partial charge in [0.1, 0.15) is 6.09 Å². The van der Waals surface area contributed by atoms with E-state index < -0.39 is 6.09 Å². The molecule has 0 aliphatic heterocycles. The lowest BCUT2D eigenvalue weighted by Gasteiger charge is -2.03. The van der Waals surface area contributed by atoms with Gasteiger partial charge >= 0.3 is 0 Å². The fourth-order valence-electron chi connectivity index (χ4n) is 1.63. The summed E-state index contributed by atoms with van der Waals surface area (Å²) in [5, 5.41) is 20.2. The number of rotatable bonds is 1. The molecule has 15 heavy (non-hydrogen) atoms. The summed E-state index contributed by atoms with van der Waals surface area (Å²) in [4.78, 5) is 10.8. The van der Waals surface area contributed by atoms with Crippen LogP contribution in [0.5, 0.6) is 0 Å². The van der Waals surface area contributed by atoms with E-state index in [1.807, 2.05) is 12.1 Å². The predicted octanol–water partition coefficient (Wildman–Crippen LogP) is 0.899. The highest BCUT2D eigenvalue weighted by atomic mass is 16.4. The number of carboxylic acid groups (broad SMARTS) is 1. The summed E-state index contributed by atoms with van der Waals surface area (Å²) in [5.41, 5.74) is 1.26. The molecule has 0 saturated carbocycles. The normalized spacial score (nSPS) is 10.1. The first kappa shape index (κ1) is 9.28. The fourth-order valence-corrected chi connectivity index (χ4v) is 1.63. The molecule has 74 valence electrons. The van der Waals surface area contributed by atoms with Crippen LogP contribution in [0.4, 0.5) is 4.79 Å². The Labute approximate surface area is 86.0 Å². The van der Waals surface area contributed by atoms with Crippen LogP contribution in [0.15, 0.2) is 30.5 Å².